The van der Waals surface area contributed by atoms with Gasteiger partial charge in [-0.05, 0) is 25.0 Å². The van der Waals surface area contributed by atoms with Crippen LogP contribution in [0, 0.1) is 5.92 Å². The average molecular weight is 278 g/mol. The Morgan fingerprint density at radius 3 is 2.39 bits per heavy atom. The molecule has 1 heterocycles. The van der Waals surface area contributed by atoms with E-state index in [9.17, 15) is 18.0 Å². The third-order valence-electron chi connectivity index (χ3n) is 3.13. The summed E-state index contributed by atoms with van der Waals surface area (Å²) in [5.41, 5.74) is -0.980. The quantitative estimate of drug-likeness (QED) is 0.601. The Hall–Kier alpha value is -1.10. The van der Waals surface area contributed by atoms with Crippen LogP contribution in [0.3, 0.4) is 0 Å². The first kappa shape index (κ1) is 13.3. The topological polar surface area (TPSA) is 30.0 Å². The first-order chi connectivity index (χ1) is 8.39. The molecule has 1 fully saturated rings. The maximum atomic E-state index is 12.4. The highest BCUT2D eigenvalue weighted by molar-refractivity contribution is 6.32. The van der Waals surface area contributed by atoms with Gasteiger partial charge in [-0.2, -0.15) is 13.2 Å². The Bertz CT molecular complexity index is 467. The molecule has 1 aromatic rings. The van der Waals surface area contributed by atoms with E-state index in [1.165, 1.54) is 0 Å². The summed E-state index contributed by atoms with van der Waals surface area (Å²) in [5.74, 6) is -0.320. The summed E-state index contributed by atoms with van der Waals surface area (Å²) >= 11 is 5.68. The molecule has 0 N–H and O–H groups in total. The average Bonchev–Trinajstić information content (AvgIpc) is 2.80. The van der Waals surface area contributed by atoms with Gasteiger partial charge in [0.2, 0.25) is 0 Å². The molecule has 0 aromatic carbocycles. The van der Waals surface area contributed by atoms with Crippen molar-refractivity contribution in [3.63, 3.8) is 0 Å². The summed E-state index contributed by atoms with van der Waals surface area (Å²) in [6, 6.07) is 1.92. The summed E-state index contributed by atoms with van der Waals surface area (Å²) in [5, 5.41) is -0.360. The fourth-order valence-electron chi connectivity index (χ4n) is 2.18. The summed E-state index contributed by atoms with van der Waals surface area (Å²) in [7, 11) is 0. The Morgan fingerprint density at radius 2 is 1.89 bits per heavy atom. The van der Waals surface area contributed by atoms with E-state index >= 15 is 0 Å². The smallest absolute Gasteiger partial charge is 0.294 e. The summed E-state index contributed by atoms with van der Waals surface area (Å²) in [6.45, 7) is 0. The fourth-order valence-corrected chi connectivity index (χ4v) is 2.43. The number of carbonyl (C=O) groups excluding carboxylic acids is 1. The van der Waals surface area contributed by atoms with Gasteiger partial charge in [0, 0.05) is 5.92 Å². The number of halogens is 4. The Labute approximate surface area is 107 Å². The maximum Gasteiger partial charge on any atom is 0.433 e. The van der Waals surface area contributed by atoms with Crippen LogP contribution in [0.4, 0.5) is 13.2 Å². The zero-order valence-electron chi connectivity index (χ0n) is 9.43. The first-order valence-electron chi connectivity index (χ1n) is 5.67. The van der Waals surface area contributed by atoms with E-state index in [1.54, 1.807) is 0 Å². The summed E-state index contributed by atoms with van der Waals surface area (Å²) in [4.78, 5) is 15.3. The molecular weight excluding hydrogens is 267 g/mol. The first-order valence-corrected chi connectivity index (χ1v) is 6.05. The lowest BCUT2D eigenvalue weighted by molar-refractivity contribution is -0.141. The fraction of sp³-hybridized carbons (Fsp3) is 0.500. The van der Waals surface area contributed by atoms with Crippen LogP contribution in [0.1, 0.15) is 41.7 Å². The van der Waals surface area contributed by atoms with E-state index in [1.807, 2.05) is 0 Å². The molecule has 0 radical (unpaired) electrons. The van der Waals surface area contributed by atoms with E-state index in [4.69, 9.17) is 11.6 Å². The van der Waals surface area contributed by atoms with Crippen molar-refractivity contribution in [2.45, 2.75) is 31.9 Å². The SMILES string of the molecule is O=C(c1ccc(C(F)(F)F)nc1Cl)C1CCCC1. The third kappa shape index (κ3) is 2.66. The van der Waals surface area contributed by atoms with Gasteiger partial charge in [0.15, 0.2) is 5.78 Å². The lowest BCUT2D eigenvalue weighted by atomic mass is 9.97. The molecule has 0 saturated heterocycles. The van der Waals surface area contributed by atoms with Crippen LogP contribution in [0.15, 0.2) is 12.1 Å². The second kappa shape index (κ2) is 4.88. The van der Waals surface area contributed by atoms with Crippen LogP contribution in [0.2, 0.25) is 5.15 Å². The minimum absolute atomic E-state index is 0.0940. The number of aromatic nitrogens is 1. The van der Waals surface area contributed by atoms with E-state index in [-0.39, 0.29) is 22.4 Å². The largest absolute Gasteiger partial charge is 0.433 e. The Morgan fingerprint density at radius 1 is 1.28 bits per heavy atom. The van der Waals surface area contributed by atoms with Crippen LogP contribution in [0.5, 0.6) is 0 Å². The number of alkyl halides is 3. The molecule has 1 aliphatic rings. The molecule has 18 heavy (non-hydrogen) atoms. The van der Waals surface area contributed by atoms with Gasteiger partial charge in [0.25, 0.3) is 0 Å². The summed E-state index contributed by atoms with van der Waals surface area (Å²) in [6.07, 6.45) is -1.05. The monoisotopic (exact) mass is 277 g/mol. The van der Waals surface area contributed by atoms with Gasteiger partial charge in [-0.3, -0.25) is 4.79 Å². The second-order valence-corrected chi connectivity index (χ2v) is 4.74. The number of nitrogens with zero attached hydrogens (tertiary/aromatic N) is 1. The highest BCUT2D eigenvalue weighted by Crippen LogP contribution is 2.32. The Kier molecular flexibility index (Phi) is 3.61. The molecule has 0 spiro atoms. The zero-order valence-corrected chi connectivity index (χ0v) is 10.2. The van der Waals surface area contributed by atoms with Crippen LogP contribution >= 0.6 is 11.6 Å². The highest BCUT2D eigenvalue weighted by Gasteiger charge is 2.34. The molecule has 0 amide bonds. The maximum absolute atomic E-state index is 12.4. The second-order valence-electron chi connectivity index (χ2n) is 4.38. The lowest BCUT2D eigenvalue weighted by Crippen LogP contribution is -2.14. The number of pyridine rings is 1. The van der Waals surface area contributed by atoms with E-state index in [2.05, 4.69) is 4.98 Å². The van der Waals surface area contributed by atoms with Gasteiger partial charge in [-0.15, -0.1) is 0 Å². The molecule has 6 heteroatoms. The standard InChI is InChI=1S/C12H11ClF3NO/c13-11-8(10(18)7-3-1-2-4-7)5-6-9(17-11)12(14,15)16/h5-7H,1-4H2. The van der Waals surface area contributed by atoms with Crippen molar-refractivity contribution in [1.29, 1.82) is 0 Å². The van der Waals surface area contributed by atoms with Crippen molar-refractivity contribution < 1.29 is 18.0 Å². The van der Waals surface area contributed by atoms with Crippen molar-refractivity contribution in [3.05, 3.63) is 28.5 Å². The molecule has 0 unspecified atom stereocenters. The van der Waals surface area contributed by atoms with Gasteiger partial charge in [-0.25, -0.2) is 4.98 Å². The van der Waals surface area contributed by atoms with Crippen LogP contribution in [-0.2, 0) is 6.18 Å². The van der Waals surface area contributed by atoms with Crippen LogP contribution < -0.4 is 0 Å². The van der Waals surface area contributed by atoms with Crippen molar-refractivity contribution >= 4 is 17.4 Å². The number of rotatable bonds is 2. The van der Waals surface area contributed by atoms with E-state index in [0.29, 0.717) is 0 Å². The van der Waals surface area contributed by atoms with Crippen LogP contribution in [-0.4, -0.2) is 10.8 Å². The molecule has 2 rings (SSSR count). The van der Waals surface area contributed by atoms with Gasteiger partial charge < -0.3 is 0 Å². The normalized spacial score (nSPS) is 17.1. The Balaban J connectivity index is 2.27. The molecule has 1 aromatic heterocycles. The minimum Gasteiger partial charge on any atom is -0.294 e. The third-order valence-corrected chi connectivity index (χ3v) is 3.42. The minimum atomic E-state index is -4.54. The van der Waals surface area contributed by atoms with E-state index in [0.717, 1.165) is 37.8 Å². The number of carbonyl (C=O) groups is 1. The number of ketones is 1. The molecular formula is C12H11ClF3NO. The predicted octanol–water partition coefficient (Wildman–Crippen LogP) is 4.13. The highest BCUT2D eigenvalue weighted by atomic mass is 35.5. The molecule has 0 aliphatic heterocycles. The molecule has 2 nitrogen and oxygen atoms in total. The van der Waals surface area contributed by atoms with Crippen molar-refractivity contribution in [2.75, 3.05) is 0 Å². The molecule has 1 saturated carbocycles. The van der Waals surface area contributed by atoms with Crippen LogP contribution in [0.25, 0.3) is 0 Å². The molecule has 0 bridgehead atoms. The van der Waals surface area contributed by atoms with Gasteiger partial charge in [-0.1, -0.05) is 24.4 Å². The van der Waals surface area contributed by atoms with Crippen molar-refractivity contribution in [1.82, 2.24) is 4.98 Å². The number of Topliss-reactive ketones (excluding diaryl/α,β-unsaturated/α-hetero) is 1. The summed E-state index contributed by atoms with van der Waals surface area (Å²) < 4.78 is 37.2. The van der Waals surface area contributed by atoms with Crippen molar-refractivity contribution in [3.8, 4) is 0 Å². The van der Waals surface area contributed by atoms with Gasteiger partial charge >= 0.3 is 6.18 Å². The molecule has 0 atom stereocenters. The zero-order chi connectivity index (χ0) is 13.3. The van der Waals surface area contributed by atoms with E-state index < -0.39 is 11.9 Å². The van der Waals surface area contributed by atoms with Gasteiger partial charge in [0.1, 0.15) is 10.8 Å². The molecule has 1 aliphatic carbocycles. The number of hydrogen-bond donors (Lipinski definition) is 0. The lowest BCUT2D eigenvalue weighted by Gasteiger charge is -2.11. The molecule has 98 valence electrons. The van der Waals surface area contributed by atoms with Crippen molar-refractivity contribution in [2.24, 2.45) is 5.92 Å². The van der Waals surface area contributed by atoms with Gasteiger partial charge in [0.05, 0.1) is 5.56 Å². The predicted molar refractivity (Wildman–Crippen MR) is 60.5 cm³/mol. The number of hydrogen-bond acceptors (Lipinski definition) is 2.